The molecule has 0 aliphatic heterocycles. The first-order valence-corrected chi connectivity index (χ1v) is 11.0. The molecule has 0 atom stereocenters. The van der Waals surface area contributed by atoms with Crippen LogP contribution in [0, 0.1) is 0 Å². The molecule has 0 unspecified atom stereocenters. The normalized spacial score (nSPS) is 11.8. The minimum atomic E-state index is -4.45. The Kier molecular flexibility index (Phi) is 6.28. The van der Waals surface area contributed by atoms with Crippen molar-refractivity contribution in [2.24, 2.45) is 0 Å². The molecule has 0 aliphatic carbocycles. The molecule has 5 aromatic rings. The Morgan fingerprint density at radius 3 is 2.34 bits per heavy atom. The molecule has 0 bridgehead atoms. The number of hydrogen-bond donors (Lipinski definition) is 1. The van der Waals surface area contributed by atoms with E-state index in [-0.39, 0.29) is 34.5 Å². The number of rotatable bonds is 4. The van der Waals surface area contributed by atoms with Crippen LogP contribution < -0.4 is 0 Å². The van der Waals surface area contributed by atoms with Crippen molar-refractivity contribution in [3.05, 3.63) is 96.1 Å². The van der Waals surface area contributed by atoms with Crippen LogP contribution >= 0.6 is 0 Å². The average Bonchev–Trinajstić information content (AvgIpc) is 3.23. The summed E-state index contributed by atoms with van der Waals surface area (Å²) in [6.45, 7) is 0. The Morgan fingerprint density at radius 1 is 0.812 bits per heavy atom. The minimum Gasteiger partial charge on any atom is -0.282 e. The van der Waals surface area contributed by atoms with E-state index >= 15 is 0 Å². The summed E-state index contributed by atoms with van der Waals surface area (Å²) in [5, 5.41) is 11.1. The maximum Gasteiger partial charge on any atom is 0.295 e. The minimum absolute atomic E-state index is 0. The quantitative estimate of drug-likeness (QED) is 0.246. The molecule has 8 heteroatoms. The summed E-state index contributed by atoms with van der Waals surface area (Å²) in [6, 6.07) is 25.9. The van der Waals surface area contributed by atoms with Crippen molar-refractivity contribution >= 4 is 73.6 Å². The van der Waals surface area contributed by atoms with E-state index < -0.39 is 10.1 Å². The Bertz CT molecular complexity index is 1560. The molecule has 0 spiro atoms. The van der Waals surface area contributed by atoms with Crippen molar-refractivity contribution in [2.45, 2.75) is 4.90 Å². The van der Waals surface area contributed by atoms with Crippen LogP contribution in [0.25, 0.3) is 39.6 Å². The summed E-state index contributed by atoms with van der Waals surface area (Å²) >= 11 is 0. The van der Waals surface area contributed by atoms with Gasteiger partial charge in [0.25, 0.3) is 10.1 Å². The summed E-state index contributed by atoms with van der Waals surface area (Å²) in [5.74, 6) is 0. The van der Waals surface area contributed by atoms with E-state index in [0.717, 1.165) is 21.9 Å². The van der Waals surface area contributed by atoms with Gasteiger partial charge in [0.15, 0.2) is 0 Å². The fourth-order valence-corrected chi connectivity index (χ4v) is 4.23. The van der Waals surface area contributed by atoms with Gasteiger partial charge < -0.3 is 0 Å². The second kappa shape index (κ2) is 8.97. The van der Waals surface area contributed by atoms with Gasteiger partial charge in [0.2, 0.25) is 0 Å². The van der Waals surface area contributed by atoms with Crippen LogP contribution in [0.4, 0.5) is 0 Å². The van der Waals surface area contributed by atoms with Crippen LogP contribution in [-0.4, -0.2) is 57.5 Å². The van der Waals surface area contributed by atoms with Gasteiger partial charge in [-0.1, -0.05) is 78.9 Å². The molecule has 5 rings (SSSR count). The molecule has 1 heterocycles. The predicted molar refractivity (Wildman–Crippen MR) is 127 cm³/mol. The van der Waals surface area contributed by atoms with Crippen molar-refractivity contribution in [2.75, 3.05) is 0 Å². The first-order chi connectivity index (χ1) is 15.0. The SMILES string of the molecule is O=S(=O)(O)c1cc(-n2nc3ccc4ccccc4c3n2)ccc1C=Cc1ccccc1.[Na]. The summed E-state index contributed by atoms with van der Waals surface area (Å²) in [7, 11) is -4.45. The third-order valence-corrected chi connectivity index (χ3v) is 5.95. The summed E-state index contributed by atoms with van der Waals surface area (Å²) in [5.41, 5.74) is 3.14. The zero-order valence-corrected chi connectivity index (χ0v) is 20.1. The van der Waals surface area contributed by atoms with E-state index in [0.29, 0.717) is 16.8 Å². The van der Waals surface area contributed by atoms with Crippen LogP contribution in [0.5, 0.6) is 0 Å². The van der Waals surface area contributed by atoms with E-state index in [1.54, 1.807) is 24.3 Å². The first kappa shape index (κ1) is 22.4. The van der Waals surface area contributed by atoms with Crippen LogP contribution in [0.2, 0.25) is 0 Å². The number of hydrogen-bond acceptors (Lipinski definition) is 4. The maximum atomic E-state index is 12.1. The first-order valence-electron chi connectivity index (χ1n) is 9.59. The molecule has 4 aromatic carbocycles. The largest absolute Gasteiger partial charge is 0.295 e. The Labute approximate surface area is 207 Å². The molecule has 1 aromatic heterocycles. The predicted octanol–water partition coefficient (Wildman–Crippen LogP) is 4.61. The van der Waals surface area contributed by atoms with Crippen molar-refractivity contribution in [3.8, 4) is 5.69 Å². The maximum absolute atomic E-state index is 12.1. The average molecular weight is 450 g/mol. The third kappa shape index (κ3) is 4.39. The van der Waals surface area contributed by atoms with Crippen molar-refractivity contribution in [3.63, 3.8) is 0 Å². The molecule has 1 radical (unpaired) electrons. The van der Waals surface area contributed by atoms with Gasteiger partial charge in [-0.25, -0.2) is 0 Å². The fourth-order valence-electron chi connectivity index (χ4n) is 3.52. The van der Waals surface area contributed by atoms with Crippen LogP contribution in [0.1, 0.15) is 11.1 Å². The molecule has 0 amide bonds. The third-order valence-electron chi connectivity index (χ3n) is 5.04. The topological polar surface area (TPSA) is 85.1 Å². The smallest absolute Gasteiger partial charge is 0.282 e. The second-order valence-corrected chi connectivity index (χ2v) is 8.48. The summed E-state index contributed by atoms with van der Waals surface area (Å²) in [6.07, 6.45) is 3.44. The number of fused-ring (bicyclic) bond motifs is 3. The zero-order chi connectivity index (χ0) is 21.4. The molecule has 1 N–H and O–H groups in total. The standard InChI is InChI=1S/C24H17N3O3S.Na/c28-31(29,30)23-16-20(14-12-19(23)11-10-17-6-2-1-3-7-17)27-25-22-15-13-18-8-4-5-9-21(18)24(22)26-27;/h1-16H,(H,28,29,30);. The van der Waals surface area contributed by atoms with Gasteiger partial charge in [0, 0.05) is 34.9 Å². The summed E-state index contributed by atoms with van der Waals surface area (Å²) in [4.78, 5) is 1.18. The van der Waals surface area contributed by atoms with Crippen LogP contribution in [0.15, 0.2) is 89.8 Å². The Balaban J connectivity index is 0.00000245. The zero-order valence-electron chi connectivity index (χ0n) is 17.3. The number of nitrogens with zero attached hydrogens (tertiary/aromatic N) is 3. The van der Waals surface area contributed by atoms with Gasteiger partial charge in [0.1, 0.15) is 15.9 Å². The molecule has 153 valence electrons. The van der Waals surface area contributed by atoms with E-state index in [4.69, 9.17) is 0 Å². The Morgan fingerprint density at radius 2 is 1.56 bits per heavy atom. The molecule has 0 aliphatic rings. The molecule has 0 saturated heterocycles. The second-order valence-electron chi connectivity index (χ2n) is 7.09. The van der Waals surface area contributed by atoms with Crippen molar-refractivity contribution < 1.29 is 13.0 Å². The van der Waals surface area contributed by atoms with Gasteiger partial charge in [-0.05, 0) is 34.7 Å². The van der Waals surface area contributed by atoms with Crippen molar-refractivity contribution in [1.82, 2.24) is 15.0 Å². The van der Waals surface area contributed by atoms with Gasteiger partial charge >= 0.3 is 0 Å². The molecular formula is C24H17N3NaO3S. The number of aromatic nitrogens is 3. The van der Waals surface area contributed by atoms with Gasteiger partial charge in [-0.15, -0.1) is 10.2 Å². The number of benzene rings is 4. The fraction of sp³-hybridized carbons (Fsp3) is 0. The van der Waals surface area contributed by atoms with Crippen molar-refractivity contribution in [1.29, 1.82) is 0 Å². The van der Waals surface area contributed by atoms with Crippen LogP contribution in [-0.2, 0) is 10.1 Å². The van der Waals surface area contributed by atoms with Crippen LogP contribution in [0.3, 0.4) is 0 Å². The van der Waals surface area contributed by atoms with E-state index in [1.807, 2.05) is 66.7 Å². The summed E-state index contributed by atoms with van der Waals surface area (Å²) < 4.78 is 33.9. The van der Waals surface area contributed by atoms with Gasteiger partial charge in [0.05, 0.1) is 5.69 Å². The Hall–Kier alpha value is -2.81. The molecule has 32 heavy (non-hydrogen) atoms. The molecule has 0 fully saturated rings. The molecular weight excluding hydrogens is 433 g/mol. The van der Waals surface area contributed by atoms with E-state index in [9.17, 15) is 13.0 Å². The van der Waals surface area contributed by atoms with E-state index in [1.165, 1.54) is 10.9 Å². The monoisotopic (exact) mass is 450 g/mol. The van der Waals surface area contributed by atoms with E-state index in [2.05, 4.69) is 10.2 Å². The van der Waals surface area contributed by atoms with Gasteiger partial charge in [-0.3, -0.25) is 4.55 Å². The van der Waals surface area contributed by atoms with Gasteiger partial charge in [-0.2, -0.15) is 13.2 Å². The molecule has 6 nitrogen and oxygen atoms in total. The molecule has 0 saturated carbocycles.